The van der Waals surface area contributed by atoms with Gasteiger partial charge in [-0.3, -0.25) is 4.79 Å². The Labute approximate surface area is 155 Å². The van der Waals surface area contributed by atoms with Gasteiger partial charge in [-0.05, 0) is 51.9 Å². The third-order valence-corrected chi connectivity index (χ3v) is 7.74. The lowest BCUT2D eigenvalue weighted by Crippen LogP contribution is -2.47. The first-order valence-corrected chi connectivity index (χ1v) is 11.0. The van der Waals surface area contributed by atoms with Gasteiger partial charge in [0, 0.05) is 26.2 Å². The van der Waals surface area contributed by atoms with Gasteiger partial charge in [-0.15, -0.1) is 0 Å². The Morgan fingerprint density at radius 1 is 1.12 bits per heavy atom. The van der Waals surface area contributed by atoms with E-state index < -0.39 is 10.0 Å². The number of sulfonamides is 1. The Bertz CT molecular complexity index is 739. The molecule has 26 heavy (non-hydrogen) atoms. The van der Waals surface area contributed by atoms with E-state index >= 15 is 0 Å². The number of hydrogen-bond acceptors (Lipinski definition) is 5. The summed E-state index contributed by atoms with van der Waals surface area (Å²) in [5.41, 5.74) is 0.373. The van der Waals surface area contributed by atoms with Crippen LogP contribution in [-0.2, 0) is 14.8 Å². The SMILES string of the molecule is Cc1noc(C)c1S(=O)(=O)N1CCCC(C(=O)N2CCCC(C)CC2)C1. The van der Waals surface area contributed by atoms with Crippen LogP contribution in [0.25, 0.3) is 0 Å². The normalized spacial score (nSPS) is 25.9. The molecule has 2 saturated heterocycles. The number of piperidine rings is 1. The number of rotatable bonds is 3. The molecule has 2 fully saturated rings. The van der Waals surface area contributed by atoms with Crippen molar-refractivity contribution in [1.29, 1.82) is 0 Å². The van der Waals surface area contributed by atoms with Crippen molar-refractivity contribution in [1.82, 2.24) is 14.4 Å². The number of aryl methyl sites for hydroxylation is 2. The standard InChI is InChI=1S/C18H29N3O4S/c1-13-6-4-9-20(11-8-13)18(22)16-7-5-10-21(12-16)26(23,24)17-14(2)19-25-15(17)3/h13,16H,4-12H2,1-3H3. The van der Waals surface area contributed by atoms with Gasteiger partial charge in [-0.25, -0.2) is 8.42 Å². The lowest BCUT2D eigenvalue weighted by molar-refractivity contribution is -0.136. The van der Waals surface area contributed by atoms with Crippen LogP contribution < -0.4 is 0 Å². The molecule has 2 atom stereocenters. The van der Waals surface area contributed by atoms with Crippen LogP contribution in [-0.4, -0.2) is 54.9 Å². The molecule has 7 nitrogen and oxygen atoms in total. The molecule has 0 bridgehead atoms. The average Bonchev–Trinajstić information content (AvgIpc) is 2.82. The Balaban J connectivity index is 1.74. The fraction of sp³-hybridized carbons (Fsp3) is 0.778. The van der Waals surface area contributed by atoms with Crippen molar-refractivity contribution in [2.75, 3.05) is 26.2 Å². The highest BCUT2D eigenvalue weighted by atomic mass is 32.2. The summed E-state index contributed by atoms with van der Waals surface area (Å²) < 4.78 is 32.5. The minimum Gasteiger partial charge on any atom is -0.360 e. The maximum atomic E-state index is 13.0. The van der Waals surface area contributed by atoms with Crippen LogP contribution in [0.1, 0.15) is 50.5 Å². The number of likely N-dealkylation sites (tertiary alicyclic amines) is 1. The zero-order valence-corrected chi connectivity index (χ0v) is 16.7. The van der Waals surface area contributed by atoms with Crippen LogP contribution in [0.3, 0.4) is 0 Å². The predicted octanol–water partition coefficient (Wildman–Crippen LogP) is 2.34. The van der Waals surface area contributed by atoms with Crippen LogP contribution >= 0.6 is 0 Å². The van der Waals surface area contributed by atoms with E-state index in [1.54, 1.807) is 13.8 Å². The number of aromatic nitrogens is 1. The number of hydrogen-bond donors (Lipinski definition) is 0. The van der Waals surface area contributed by atoms with Gasteiger partial charge in [0.2, 0.25) is 15.9 Å². The minimum atomic E-state index is -3.69. The van der Waals surface area contributed by atoms with Crippen LogP contribution in [0.4, 0.5) is 0 Å². The van der Waals surface area contributed by atoms with E-state index in [4.69, 9.17) is 4.52 Å². The Morgan fingerprint density at radius 3 is 2.54 bits per heavy atom. The van der Waals surface area contributed by atoms with Gasteiger partial charge in [-0.2, -0.15) is 4.31 Å². The molecule has 1 aromatic rings. The smallest absolute Gasteiger partial charge is 0.248 e. The third kappa shape index (κ3) is 3.81. The molecular weight excluding hydrogens is 354 g/mol. The Kier molecular flexibility index (Phi) is 5.72. The van der Waals surface area contributed by atoms with Gasteiger partial charge >= 0.3 is 0 Å². The summed E-state index contributed by atoms with van der Waals surface area (Å²) in [5, 5.41) is 3.77. The van der Waals surface area contributed by atoms with E-state index in [0.29, 0.717) is 30.3 Å². The third-order valence-electron chi connectivity index (χ3n) is 5.63. The Morgan fingerprint density at radius 2 is 1.85 bits per heavy atom. The summed E-state index contributed by atoms with van der Waals surface area (Å²) in [6.45, 7) is 7.73. The van der Waals surface area contributed by atoms with Crippen molar-refractivity contribution >= 4 is 15.9 Å². The summed E-state index contributed by atoms with van der Waals surface area (Å²) in [4.78, 5) is 15.1. The highest BCUT2D eigenvalue weighted by Crippen LogP contribution is 2.29. The molecule has 0 N–H and O–H groups in total. The quantitative estimate of drug-likeness (QED) is 0.800. The molecule has 1 amide bonds. The second-order valence-electron chi connectivity index (χ2n) is 7.72. The van der Waals surface area contributed by atoms with Gasteiger partial charge < -0.3 is 9.42 Å². The topological polar surface area (TPSA) is 83.7 Å². The zero-order valence-electron chi connectivity index (χ0n) is 15.9. The molecule has 0 aliphatic carbocycles. The van der Waals surface area contributed by atoms with Gasteiger partial charge in [0.1, 0.15) is 10.6 Å². The van der Waals surface area contributed by atoms with Crippen LogP contribution in [0, 0.1) is 25.7 Å². The summed E-state index contributed by atoms with van der Waals surface area (Å²) in [6, 6.07) is 0. The van der Waals surface area contributed by atoms with Crippen molar-refractivity contribution in [2.45, 2.75) is 57.8 Å². The lowest BCUT2D eigenvalue weighted by atomic mass is 9.98. The van der Waals surface area contributed by atoms with Crippen LogP contribution in [0.15, 0.2) is 9.42 Å². The molecule has 2 aliphatic rings. The molecule has 0 aromatic carbocycles. The van der Waals surface area contributed by atoms with Crippen molar-refractivity contribution in [2.24, 2.45) is 11.8 Å². The van der Waals surface area contributed by atoms with Crippen LogP contribution in [0.2, 0.25) is 0 Å². The second kappa shape index (κ2) is 7.68. The maximum absolute atomic E-state index is 13.0. The van der Waals surface area contributed by atoms with E-state index in [1.807, 2.05) is 4.90 Å². The molecule has 1 aromatic heterocycles. The monoisotopic (exact) mass is 383 g/mol. The Hall–Kier alpha value is -1.41. The van der Waals surface area contributed by atoms with Crippen molar-refractivity contribution in [3.8, 4) is 0 Å². The molecule has 146 valence electrons. The van der Waals surface area contributed by atoms with E-state index in [0.717, 1.165) is 38.8 Å². The first kappa shape index (κ1) is 19.4. The minimum absolute atomic E-state index is 0.109. The molecule has 2 unspecified atom stereocenters. The fourth-order valence-electron chi connectivity index (χ4n) is 4.08. The van der Waals surface area contributed by atoms with Crippen molar-refractivity contribution in [3.05, 3.63) is 11.5 Å². The maximum Gasteiger partial charge on any atom is 0.248 e. The summed E-state index contributed by atoms with van der Waals surface area (Å²) in [5.74, 6) is 0.804. The molecule has 0 radical (unpaired) electrons. The number of carbonyl (C=O) groups is 1. The highest BCUT2D eigenvalue weighted by molar-refractivity contribution is 7.89. The van der Waals surface area contributed by atoms with Gasteiger partial charge in [0.15, 0.2) is 5.76 Å². The predicted molar refractivity (Wildman–Crippen MR) is 97.1 cm³/mol. The molecule has 0 spiro atoms. The van der Waals surface area contributed by atoms with E-state index in [-0.39, 0.29) is 23.3 Å². The van der Waals surface area contributed by atoms with Gasteiger partial charge in [0.05, 0.1) is 5.92 Å². The van der Waals surface area contributed by atoms with E-state index in [9.17, 15) is 13.2 Å². The van der Waals surface area contributed by atoms with Crippen LogP contribution in [0.5, 0.6) is 0 Å². The lowest BCUT2D eigenvalue weighted by Gasteiger charge is -2.34. The van der Waals surface area contributed by atoms with Crippen molar-refractivity contribution in [3.63, 3.8) is 0 Å². The first-order valence-electron chi connectivity index (χ1n) is 9.52. The number of carbonyl (C=O) groups excluding carboxylic acids is 1. The van der Waals surface area contributed by atoms with E-state index in [2.05, 4.69) is 12.1 Å². The molecule has 3 rings (SSSR count). The number of nitrogens with zero attached hydrogens (tertiary/aromatic N) is 3. The zero-order chi connectivity index (χ0) is 18.9. The number of amides is 1. The van der Waals surface area contributed by atoms with Gasteiger partial charge in [-0.1, -0.05) is 12.1 Å². The summed E-state index contributed by atoms with van der Waals surface area (Å²) in [7, 11) is -3.69. The molecular formula is C18H29N3O4S. The summed E-state index contributed by atoms with van der Waals surface area (Å²) >= 11 is 0. The molecule has 0 saturated carbocycles. The molecule has 3 heterocycles. The largest absolute Gasteiger partial charge is 0.360 e. The molecule has 8 heteroatoms. The fourth-order valence-corrected chi connectivity index (χ4v) is 5.89. The highest BCUT2D eigenvalue weighted by Gasteiger charge is 2.37. The molecule has 2 aliphatic heterocycles. The van der Waals surface area contributed by atoms with Crippen molar-refractivity contribution < 1.29 is 17.7 Å². The average molecular weight is 384 g/mol. The van der Waals surface area contributed by atoms with E-state index in [1.165, 1.54) is 4.31 Å². The summed E-state index contributed by atoms with van der Waals surface area (Å²) in [6.07, 6.45) is 4.66. The van der Waals surface area contributed by atoms with Gasteiger partial charge in [0.25, 0.3) is 0 Å². The second-order valence-corrected chi connectivity index (χ2v) is 9.59. The first-order chi connectivity index (χ1) is 12.3.